The Kier molecular flexibility index (Phi) is 6.26. The number of halogens is 3. The molecule has 29 heavy (non-hydrogen) atoms. The number of nitrogens with zero attached hydrogens (tertiary/aromatic N) is 2. The Morgan fingerprint density at radius 1 is 1.24 bits per heavy atom. The van der Waals surface area contributed by atoms with Gasteiger partial charge >= 0.3 is 6.18 Å². The number of piperidine rings is 1. The number of carbonyl (C=O) groups is 2. The molecule has 0 radical (unpaired) electrons. The van der Waals surface area contributed by atoms with Gasteiger partial charge < -0.3 is 10.2 Å². The van der Waals surface area contributed by atoms with Crippen LogP contribution in [0.4, 0.5) is 13.2 Å². The van der Waals surface area contributed by atoms with Gasteiger partial charge in [0, 0.05) is 36.0 Å². The molecule has 1 aromatic heterocycles. The maximum Gasteiger partial charge on any atom is 0.416 e. The third-order valence-corrected chi connectivity index (χ3v) is 5.70. The Balaban J connectivity index is 1.61. The summed E-state index contributed by atoms with van der Waals surface area (Å²) >= 11 is 1.13. The van der Waals surface area contributed by atoms with E-state index in [2.05, 4.69) is 10.3 Å². The fourth-order valence-corrected chi connectivity index (χ4v) is 4.00. The molecule has 0 saturated carbocycles. The predicted octanol–water partition coefficient (Wildman–Crippen LogP) is 4.21. The van der Waals surface area contributed by atoms with Crippen molar-refractivity contribution in [3.8, 4) is 10.6 Å². The van der Waals surface area contributed by atoms with Gasteiger partial charge in [0.15, 0.2) is 0 Å². The Labute approximate surface area is 170 Å². The third-order valence-electron chi connectivity index (χ3n) is 4.81. The van der Waals surface area contributed by atoms with Crippen LogP contribution < -0.4 is 5.32 Å². The van der Waals surface area contributed by atoms with Crippen molar-refractivity contribution in [2.45, 2.75) is 38.9 Å². The van der Waals surface area contributed by atoms with Gasteiger partial charge in [-0.1, -0.05) is 26.0 Å². The highest BCUT2D eigenvalue weighted by atomic mass is 32.1. The van der Waals surface area contributed by atoms with Crippen molar-refractivity contribution in [3.63, 3.8) is 0 Å². The van der Waals surface area contributed by atoms with Crippen LogP contribution in [0.3, 0.4) is 0 Å². The van der Waals surface area contributed by atoms with E-state index >= 15 is 0 Å². The second-order valence-electron chi connectivity index (χ2n) is 7.34. The highest BCUT2D eigenvalue weighted by Gasteiger charge is 2.31. The zero-order chi connectivity index (χ0) is 21.2. The minimum absolute atomic E-state index is 0.0505. The molecule has 0 aliphatic carbocycles. The number of thiazole rings is 1. The molecule has 1 aliphatic rings. The molecule has 1 aliphatic heterocycles. The molecule has 1 aromatic carbocycles. The van der Waals surface area contributed by atoms with Gasteiger partial charge in [-0.15, -0.1) is 11.3 Å². The maximum atomic E-state index is 12.9. The highest BCUT2D eigenvalue weighted by Crippen LogP contribution is 2.33. The Morgan fingerprint density at radius 3 is 2.55 bits per heavy atom. The second kappa shape index (κ2) is 8.52. The first kappa shape index (κ1) is 21.3. The molecular weight excluding hydrogens is 403 g/mol. The van der Waals surface area contributed by atoms with E-state index in [4.69, 9.17) is 0 Å². The van der Waals surface area contributed by atoms with Crippen molar-refractivity contribution < 1.29 is 22.8 Å². The molecular formula is C20H22F3N3O2S. The molecule has 2 amide bonds. The standard InChI is InChI=1S/C20H22F3N3O2S/c1-12(2)19(28)26-8-6-15(7-9-26)24-17(27)16-11-29-18(25-16)13-4-3-5-14(10-13)20(21,22)23/h3-5,10-12,15H,6-9H2,1-2H3,(H,24,27). The average Bonchev–Trinajstić information content (AvgIpc) is 3.18. The molecule has 5 nitrogen and oxygen atoms in total. The molecule has 0 bridgehead atoms. The zero-order valence-electron chi connectivity index (χ0n) is 16.1. The largest absolute Gasteiger partial charge is 0.416 e. The molecule has 1 saturated heterocycles. The minimum Gasteiger partial charge on any atom is -0.348 e. The van der Waals surface area contributed by atoms with Crippen LogP contribution in [0, 0.1) is 5.92 Å². The summed E-state index contributed by atoms with van der Waals surface area (Å²) in [6, 6.07) is 4.84. The molecule has 2 heterocycles. The summed E-state index contributed by atoms with van der Waals surface area (Å²) in [6.07, 6.45) is -3.11. The number of alkyl halides is 3. The van der Waals surface area contributed by atoms with Gasteiger partial charge in [-0.05, 0) is 25.0 Å². The van der Waals surface area contributed by atoms with Gasteiger partial charge in [0.2, 0.25) is 5.91 Å². The number of nitrogens with one attached hydrogen (secondary N) is 1. The summed E-state index contributed by atoms with van der Waals surface area (Å²) in [4.78, 5) is 30.5. The van der Waals surface area contributed by atoms with E-state index in [0.29, 0.717) is 36.5 Å². The SMILES string of the molecule is CC(C)C(=O)N1CCC(NC(=O)c2csc(-c3cccc(C(F)(F)F)c3)n2)CC1. The number of benzene rings is 1. The topological polar surface area (TPSA) is 62.3 Å². The van der Waals surface area contributed by atoms with E-state index in [1.807, 2.05) is 18.7 Å². The molecule has 0 spiro atoms. The van der Waals surface area contributed by atoms with Crippen LogP contribution >= 0.6 is 11.3 Å². The zero-order valence-corrected chi connectivity index (χ0v) is 16.9. The number of rotatable bonds is 4. The first-order valence-corrected chi connectivity index (χ1v) is 10.3. The Bertz CT molecular complexity index is 887. The monoisotopic (exact) mass is 425 g/mol. The van der Waals surface area contributed by atoms with Gasteiger partial charge in [0.05, 0.1) is 5.56 Å². The number of aromatic nitrogens is 1. The third kappa shape index (κ3) is 5.14. The number of hydrogen-bond donors (Lipinski definition) is 1. The molecule has 0 unspecified atom stereocenters. The average molecular weight is 425 g/mol. The quantitative estimate of drug-likeness (QED) is 0.799. The van der Waals surface area contributed by atoms with Crippen molar-refractivity contribution in [3.05, 3.63) is 40.9 Å². The van der Waals surface area contributed by atoms with Crippen LogP contribution in [0.2, 0.25) is 0 Å². The van der Waals surface area contributed by atoms with E-state index in [0.717, 1.165) is 23.5 Å². The van der Waals surface area contributed by atoms with Gasteiger partial charge in [-0.25, -0.2) is 4.98 Å². The van der Waals surface area contributed by atoms with Gasteiger partial charge in [0.25, 0.3) is 5.91 Å². The van der Waals surface area contributed by atoms with Crippen molar-refractivity contribution >= 4 is 23.2 Å². The smallest absolute Gasteiger partial charge is 0.348 e. The lowest BCUT2D eigenvalue weighted by Gasteiger charge is -2.33. The number of hydrogen-bond acceptors (Lipinski definition) is 4. The summed E-state index contributed by atoms with van der Waals surface area (Å²) in [5.41, 5.74) is -0.244. The number of amides is 2. The minimum atomic E-state index is -4.43. The van der Waals surface area contributed by atoms with Gasteiger partial charge in [-0.3, -0.25) is 9.59 Å². The summed E-state index contributed by atoms with van der Waals surface area (Å²) in [7, 11) is 0. The molecule has 0 atom stereocenters. The molecule has 2 aromatic rings. The fraction of sp³-hybridized carbons (Fsp3) is 0.450. The molecule has 156 valence electrons. The van der Waals surface area contributed by atoms with E-state index in [1.165, 1.54) is 12.1 Å². The van der Waals surface area contributed by atoms with Crippen LogP contribution in [-0.4, -0.2) is 40.8 Å². The van der Waals surface area contributed by atoms with E-state index < -0.39 is 11.7 Å². The molecule has 1 N–H and O–H groups in total. The van der Waals surface area contributed by atoms with Crippen molar-refractivity contribution in [2.75, 3.05) is 13.1 Å². The van der Waals surface area contributed by atoms with Crippen LogP contribution in [0.25, 0.3) is 10.6 Å². The lowest BCUT2D eigenvalue weighted by molar-refractivity contribution is -0.137. The van der Waals surface area contributed by atoms with Crippen LogP contribution in [-0.2, 0) is 11.0 Å². The number of carbonyl (C=O) groups excluding carboxylic acids is 2. The predicted molar refractivity (Wildman–Crippen MR) is 104 cm³/mol. The van der Waals surface area contributed by atoms with Gasteiger partial charge in [-0.2, -0.15) is 13.2 Å². The molecule has 9 heteroatoms. The first-order chi connectivity index (χ1) is 13.6. The second-order valence-corrected chi connectivity index (χ2v) is 8.20. The number of likely N-dealkylation sites (tertiary alicyclic amines) is 1. The summed E-state index contributed by atoms with van der Waals surface area (Å²) in [6.45, 7) is 4.91. The Hall–Kier alpha value is -2.42. The van der Waals surface area contributed by atoms with Crippen molar-refractivity contribution in [1.29, 1.82) is 0 Å². The van der Waals surface area contributed by atoms with E-state index in [-0.39, 0.29) is 29.5 Å². The van der Waals surface area contributed by atoms with Crippen molar-refractivity contribution in [2.24, 2.45) is 5.92 Å². The normalized spacial score (nSPS) is 15.6. The maximum absolute atomic E-state index is 12.9. The van der Waals surface area contributed by atoms with Crippen LogP contribution in [0.1, 0.15) is 42.7 Å². The van der Waals surface area contributed by atoms with E-state index in [1.54, 1.807) is 5.38 Å². The molecule has 3 rings (SSSR count). The lowest BCUT2D eigenvalue weighted by atomic mass is 10.0. The molecule has 1 fully saturated rings. The fourth-order valence-electron chi connectivity index (χ4n) is 3.21. The van der Waals surface area contributed by atoms with E-state index in [9.17, 15) is 22.8 Å². The first-order valence-electron chi connectivity index (χ1n) is 9.38. The van der Waals surface area contributed by atoms with Crippen molar-refractivity contribution in [1.82, 2.24) is 15.2 Å². The van der Waals surface area contributed by atoms with Gasteiger partial charge in [0.1, 0.15) is 10.7 Å². The lowest BCUT2D eigenvalue weighted by Crippen LogP contribution is -2.47. The van der Waals surface area contributed by atoms with Crippen LogP contribution in [0.5, 0.6) is 0 Å². The summed E-state index contributed by atoms with van der Waals surface area (Å²) in [5.74, 6) is -0.293. The summed E-state index contributed by atoms with van der Waals surface area (Å²) in [5, 5.41) is 4.82. The van der Waals surface area contributed by atoms with Crippen LogP contribution in [0.15, 0.2) is 29.6 Å². The Morgan fingerprint density at radius 2 is 1.93 bits per heavy atom. The highest BCUT2D eigenvalue weighted by molar-refractivity contribution is 7.13. The summed E-state index contributed by atoms with van der Waals surface area (Å²) < 4.78 is 38.7.